The number of ether oxygens (including phenoxy) is 1. The molecule has 2 rings (SSSR count). The Labute approximate surface area is 102 Å². The quantitative estimate of drug-likeness (QED) is 0.745. The predicted octanol–water partition coefficient (Wildman–Crippen LogP) is 1.98. The fourth-order valence-electron chi connectivity index (χ4n) is 2.09. The lowest BCUT2D eigenvalue weighted by Crippen LogP contribution is -2.44. The number of benzene rings is 1. The third-order valence-corrected chi connectivity index (χ3v) is 3.14. The van der Waals surface area contributed by atoms with Crippen molar-refractivity contribution >= 4 is 5.78 Å². The SMILES string of the molecule is CCC1CN(CC(=O)c2ccccc2)CCO1. The smallest absolute Gasteiger partial charge is 0.176 e. The largest absolute Gasteiger partial charge is 0.376 e. The molecule has 0 aromatic heterocycles. The summed E-state index contributed by atoms with van der Waals surface area (Å²) in [6.07, 6.45) is 1.29. The molecule has 92 valence electrons. The van der Waals surface area contributed by atoms with Crippen LogP contribution in [0.4, 0.5) is 0 Å². The molecule has 0 saturated carbocycles. The van der Waals surface area contributed by atoms with Gasteiger partial charge >= 0.3 is 0 Å². The molecule has 3 heteroatoms. The zero-order valence-corrected chi connectivity index (χ0v) is 10.3. The molecule has 1 atom stereocenters. The molecule has 0 amide bonds. The third-order valence-electron chi connectivity index (χ3n) is 3.14. The van der Waals surface area contributed by atoms with Crippen LogP contribution in [0.15, 0.2) is 30.3 Å². The minimum Gasteiger partial charge on any atom is -0.376 e. The van der Waals surface area contributed by atoms with Crippen LogP contribution in [0.25, 0.3) is 0 Å². The molecular formula is C14H19NO2. The number of hydrogen-bond donors (Lipinski definition) is 0. The first-order valence-corrected chi connectivity index (χ1v) is 6.22. The molecule has 1 fully saturated rings. The van der Waals surface area contributed by atoms with Crippen LogP contribution in [0.5, 0.6) is 0 Å². The molecule has 1 aromatic rings. The summed E-state index contributed by atoms with van der Waals surface area (Å²) in [5, 5.41) is 0. The van der Waals surface area contributed by atoms with Gasteiger partial charge in [-0.3, -0.25) is 9.69 Å². The minimum atomic E-state index is 0.197. The van der Waals surface area contributed by atoms with Crippen molar-refractivity contribution in [3.63, 3.8) is 0 Å². The van der Waals surface area contributed by atoms with Crippen molar-refractivity contribution in [1.29, 1.82) is 0 Å². The first-order chi connectivity index (χ1) is 8.29. The average Bonchev–Trinajstić information content (AvgIpc) is 2.40. The number of rotatable bonds is 4. The molecule has 0 spiro atoms. The van der Waals surface area contributed by atoms with Crippen molar-refractivity contribution in [3.8, 4) is 0 Å². The first kappa shape index (κ1) is 12.3. The molecule has 17 heavy (non-hydrogen) atoms. The summed E-state index contributed by atoms with van der Waals surface area (Å²) >= 11 is 0. The normalized spacial score (nSPS) is 21.4. The van der Waals surface area contributed by atoms with Crippen molar-refractivity contribution in [1.82, 2.24) is 4.90 Å². The predicted molar refractivity (Wildman–Crippen MR) is 67.2 cm³/mol. The highest BCUT2D eigenvalue weighted by atomic mass is 16.5. The Morgan fingerprint density at radius 2 is 2.18 bits per heavy atom. The molecular weight excluding hydrogens is 214 g/mol. The monoisotopic (exact) mass is 233 g/mol. The maximum atomic E-state index is 12.0. The van der Waals surface area contributed by atoms with Crippen LogP contribution in [0.2, 0.25) is 0 Å². The first-order valence-electron chi connectivity index (χ1n) is 6.22. The molecule has 0 radical (unpaired) electrons. The van der Waals surface area contributed by atoms with Crippen molar-refractivity contribution in [2.45, 2.75) is 19.4 Å². The van der Waals surface area contributed by atoms with E-state index in [4.69, 9.17) is 4.74 Å². The Bertz CT molecular complexity index is 364. The summed E-state index contributed by atoms with van der Waals surface area (Å²) in [4.78, 5) is 14.2. The number of Topliss-reactive ketones (excluding diaryl/α,β-unsaturated/α-hetero) is 1. The molecule has 1 aliphatic heterocycles. The lowest BCUT2D eigenvalue weighted by atomic mass is 10.1. The van der Waals surface area contributed by atoms with Gasteiger partial charge in [-0.2, -0.15) is 0 Å². The molecule has 1 aromatic carbocycles. The number of hydrogen-bond acceptors (Lipinski definition) is 3. The van der Waals surface area contributed by atoms with Crippen LogP contribution in [0.3, 0.4) is 0 Å². The van der Waals surface area contributed by atoms with E-state index >= 15 is 0 Å². The fraction of sp³-hybridized carbons (Fsp3) is 0.500. The van der Waals surface area contributed by atoms with E-state index in [0.717, 1.165) is 31.7 Å². The van der Waals surface area contributed by atoms with Gasteiger partial charge in [0.25, 0.3) is 0 Å². The molecule has 1 aliphatic rings. The standard InChI is InChI=1S/C14H19NO2/c1-2-13-10-15(8-9-17-13)11-14(16)12-6-4-3-5-7-12/h3-7,13H,2,8-11H2,1H3. The molecule has 1 saturated heterocycles. The number of morpholine rings is 1. The van der Waals surface area contributed by atoms with Crippen molar-refractivity contribution in [2.75, 3.05) is 26.2 Å². The van der Waals surface area contributed by atoms with Gasteiger partial charge in [-0.25, -0.2) is 0 Å². The fourth-order valence-corrected chi connectivity index (χ4v) is 2.09. The van der Waals surface area contributed by atoms with Gasteiger partial charge in [-0.05, 0) is 6.42 Å². The number of carbonyl (C=O) groups is 1. The number of ketones is 1. The van der Waals surface area contributed by atoms with Crippen molar-refractivity contribution in [2.24, 2.45) is 0 Å². The van der Waals surface area contributed by atoms with Crippen molar-refractivity contribution < 1.29 is 9.53 Å². The average molecular weight is 233 g/mol. The van der Waals surface area contributed by atoms with Gasteiger partial charge in [0.05, 0.1) is 19.3 Å². The summed E-state index contributed by atoms with van der Waals surface area (Å²) in [5.41, 5.74) is 0.798. The summed E-state index contributed by atoms with van der Waals surface area (Å²) < 4.78 is 5.59. The van der Waals surface area contributed by atoms with Crippen LogP contribution in [0.1, 0.15) is 23.7 Å². The Balaban J connectivity index is 1.90. The lowest BCUT2D eigenvalue weighted by molar-refractivity contribution is -0.0271. The second kappa shape index (κ2) is 5.94. The van der Waals surface area contributed by atoms with Gasteiger partial charge < -0.3 is 4.74 Å². The maximum Gasteiger partial charge on any atom is 0.176 e. The zero-order valence-electron chi connectivity index (χ0n) is 10.3. The van der Waals surface area contributed by atoms with E-state index in [9.17, 15) is 4.79 Å². The van der Waals surface area contributed by atoms with Gasteiger partial charge in [0, 0.05) is 18.7 Å². The van der Waals surface area contributed by atoms with E-state index in [1.54, 1.807) is 0 Å². The van der Waals surface area contributed by atoms with Gasteiger partial charge in [-0.15, -0.1) is 0 Å². The number of carbonyl (C=O) groups excluding carboxylic acids is 1. The zero-order chi connectivity index (χ0) is 12.1. The maximum absolute atomic E-state index is 12.0. The second-order valence-corrected chi connectivity index (χ2v) is 4.43. The summed E-state index contributed by atoms with van der Waals surface area (Å²) in [6, 6.07) is 9.49. The summed E-state index contributed by atoms with van der Waals surface area (Å²) in [5.74, 6) is 0.197. The molecule has 1 unspecified atom stereocenters. The van der Waals surface area contributed by atoms with Crippen LogP contribution in [-0.2, 0) is 4.74 Å². The van der Waals surface area contributed by atoms with Crippen LogP contribution < -0.4 is 0 Å². The Morgan fingerprint density at radius 1 is 1.41 bits per heavy atom. The summed E-state index contributed by atoms with van der Waals surface area (Å²) in [7, 11) is 0. The van der Waals surface area contributed by atoms with Crippen LogP contribution in [0, 0.1) is 0 Å². The van der Waals surface area contributed by atoms with Gasteiger partial charge in [0.15, 0.2) is 5.78 Å². The van der Waals surface area contributed by atoms with E-state index < -0.39 is 0 Å². The van der Waals surface area contributed by atoms with E-state index in [-0.39, 0.29) is 11.9 Å². The highest BCUT2D eigenvalue weighted by molar-refractivity contribution is 5.97. The summed E-state index contributed by atoms with van der Waals surface area (Å²) in [6.45, 7) is 5.09. The molecule has 1 heterocycles. The van der Waals surface area contributed by atoms with E-state index in [1.165, 1.54) is 0 Å². The van der Waals surface area contributed by atoms with Gasteiger partial charge in [0.1, 0.15) is 0 Å². The Hall–Kier alpha value is -1.19. The highest BCUT2D eigenvalue weighted by Gasteiger charge is 2.20. The minimum absolute atomic E-state index is 0.197. The Morgan fingerprint density at radius 3 is 2.88 bits per heavy atom. The molecule has 0 aliphatic carbocycles. The lowest BCUT2D eigenvalue weighted by Gasteiger charge is -2.31. The molecule has 0 N–H and O–H groups in total. The molecule has 0 bridgehead atoms. The third kappa shape index (κ3) is 3.38. The van der Waals surface area contributed by atoms with E-state index in [1.807, 2.05) is 30.3 Å². The van der Waals surface area contributed by atoms with Crippen LogP contribution in [-0.4, -0.2) is 43.0 Å². The van der Waals surface area contributed by atoms with Crippen LogP contribution >= 0.6 is 0 Å². The van der Waals surface area contributed by atoms with Crippen molar-refractivity contribution in [3.05, 3.63) is 35.9 Å². The molecule has 3 nitrogen and oxygen atoms in total. The van der Waals surface area contributed by atoms with Gasteiger partial charge in [-0.1, -0.05) is 37.3 Å². The Kier molecular flexibility index (Phi) is 4.29. The highest BCUT2D eigenvalue weighted by Crippen LogP contribution is 2.09. The van der Waals surface area contributed by atoms with Gasteiger partial charge in [0.2, 0.25) is 0 Å². The number of nitrogens with zero attached hydrogens (tertiary/aromatic N) is 1. The van der Waals surface area contributed by atoms with E-state index in [0.29, 0.717) is 6.54 Å². The van der Waals surface area contributed by atoms with E-state index in [2.05, 4.69) is 11.8 Å². The topological polar surface area (TPSA) is 29.5 Å². The second-order valence-electron chi connectivity index (χ2n) is 4.43.